The van der Waals surface area contributed by atoms with Crippen molar-refractivity contribution in [3.63, 3.8) is 0 Å². The van der Waals surface area contributed by atoms with Gasteiger partial charge < -0.3 is 0 Å². The van der Waals surface area contributed by atoms with Crippen LogP contribution >= 0.6 is 0 Å². The van der Waals surface area contributed by atoms with Gasteiger partial charge in [-0.15, -0.1) is 0 Å². The summed E-state index contributed by atoms with van der Waals surface area (Å²) in [5.41, 5.74) is 1.73. The van der Waals surface area contributed by atoms with E-state index < -0.39 is 35.5 Å². The number of carbonyl (C=O) groups is 4. The van der Waals surface area contributed by atoms with Gasteiger partial charge in [0.1, 0.15) is 0 Å². The van der Waals surface area contributed by atoms with E-state index in [1.54, 1.807) is 26.4 Å². The molecule has 2 saturated heterocycles. The number of nitrogens with zero attached hydrogens (tertiary/aromatic N) is 2. The van der Waals surface area contributed by atoms with E-state index in [9.17, 15) is 19.2 Å². The maximum absolute atomic E-state index is 13.3. The fourth-order valence-electron chi connectivity index (χ4n) is 6.86. The van der Waals surface area contributed by atoms with Crippen molar-refractivity contribution in [3.8, 4) is 11.5 Å². The number of unbranched alkanes of at least 4 members (excludes halogenated alkanes) is 2. The predicted octanol–water partition coefficient (Wildman–Crippen LogP) is 4.01. The average molecular weight is 869 g/mol. The van der Waals surface area contributed by atoms with E-state index >= 15 is 0 Å². The van der Waals surface area contributed by atoms with Crippen LogP contribution in [-0.2, 0) is 38.1 Å². The molecule has 0 amide bonds. The normalized spacial score (nSPS) is 24.7. The van der Waals surface area contributed by atoms with Gasteiger partial charge >= 0.3 is 328 Å². The summed E-state index contributed by atoms with van der Waals surface area (Å²) >= 11 is -0.0807. The van der Waals surface area contributed by atoms with Crippen LogP contribution in [-0.4, -0.2) is 92.7 Å². The number of hydrogen-bond donors (Lipinski definition) is 0. The van der Waals surface area contributed by atoms with Gasteiger partial charge in [-0.05, 0) is 0 Å². The van der Waals surface area contributed by atoms with Crippen LogP contribution in [0, 0.1) is 0 Å². The van der Waals surface area contributed by atoms with Crippen molar-refractivity contribution in [1.82, 2.24) is 0 Å². The first-order chi connectivity index (χ1) is 26.1. The van der Waals surface area contributed by atoms with E-state index in [4.69, 9.17) is 28.4 Å². The second-order valence-electron chi connectivity index (χ2n) is 13.4. The molecule has 284 valence electrons. The van der Waals surface area contributed by atoms with Gasteiger partial charge in [-0.1, -0.05) is 0 Å². The number of anilines is 2. The SMILES string of the molecule is CCCCN1/C(=C/C=C2C(=O)OC3(CCC4(CC3)OC(=O)C(=C/C=C3/[Se]c5ccc(OC)cc5N3CCCC)C(=O)O4)OC2=O)[Se]c2ccc(OC)cc21. The molecule has 54 heavy (non-hydrogen) atoms. The Morgan fingerprint density at radius 1 is 0.611 bits per heavy atom. The molecule has 5 aliphatic rings. The van der Waals surface area contributed by atoms with Gasteiger partial charge in [0.2, 0.25) is 0 Å². The van der Waals surface area contributed by atoms with E-state index in [2.05, 4.69) is 35.8 Å². The Labute approximate surface area is 326 Å². The molecule has 12 nitrogen and oxygen atoms in total. The van der Waals surface area contributed by atoms with Crippen LogP contribution in [0.1, 0.15) is 65.2 Å². The number of esters is 4. The summed E-state index contributed by atoms with van der Waals surface area (Å²) in [5, 5.41) is 0. The van der Waals surface area contributed by atoms with Crippen LogP contribution in [0.4, 0.5) is 11.4 Å². The predicted molar refractivity (Wildman–Crippen MR) is 202 cm³/mol. The maximum atomic E-state index is 13.3. The molecular weight excluding hydrogens is 826 g/mol. The molecule has 4 aliphatic heterocycles. The molecule has 0 aromatic heterocycles. The molecule has 14 heteroatoms. The number of benzene rings is 2. The van der Waals surface area contributed by atoms with Crippen LogP contribution in [0.25, 0.3) is 0 Å². The molecular formula is C40H42N2O10Se2. The van der Waals surface area contributed by atoms with Crippen molar-refractivity contribution >= 4 is 74.1 Å². The third kappa shape index (κ3) is 7.45. The fraction of sp³-hybridized carbons (Fsp3) is 0.400. The molecule has 1 saturated carbocycles. The van der Waals surface area contributed by atoms with Crippen LogP contribution in [0.15, 0.2) is 81.0 Å². The summed E-state index contributed by atoms with van der Waals surface area (Å²) in [6.07, 6.45) is 10.5. The number of rotatable bonds is 10. The topological polar surface area (TPSA) is 130 Å². The third-order valence-electron chi connectivity index (χ3n) is 9.90. The Kier molecular flexibility index (Phi) is 11.0. The molecule has 0 bridgehead atoms. The van der Waals surface area contributed by atoms with E-state index in [1.807, 2.05) is 24.3 Å². The van der Waals surface area contributed by atoms with Crippen LogP contribution in [0.2, 0.25) is 0 Å². The number of hydrogen-bond acceptors (Lipinski definition) is 12. The van der Waals surface area contributed by atoms with E-state index in [1.165, 1.54) is 21.1 Å². The van der Waals surface area contributed by atoms with Crippen LogP contribution in [0.5, 0.6) is 11.5 Å². The van der Waals surface area contributed by atoms with Gasteiger partial charge in [-0.25, -0.2) is 0 Å². The molecule has 0 atom stereocenters. The number of methoxy groups -OCH3 is 2. The summed E-state index contributed by atoms with van der Waals surface area (Å²) in [6, 6.07) is 12.0. The van der Waals surface area contributed by atoms with Crippen molar-refractivity contribution in [1.29, 1.82) is 0 Å². The summed E-state index contributed by atoms with van der Waals surface area (Å²) < 4.78 is 38.3. The van der Waals surface area contributed by atoms with Crippen LogP contribution < -0.4 is 28.2 Å². The Morgan fingerprint density at radius 3 is 1.31 bits per heavy atom. The molecule has 3 fully saturated rings. The summed E-state index contributed by atoms with van der Waals surface area (Å²) in [5.74, 6) is -4.73. The van der Waals surface area contributed by atoms with Crippen LogP contribution in [0.3, 0.4) is 0 Å². The zero-order valence-corrected chi connectivity index (χ0v) is 34.1. The summed E-state index contributed by atoms with van der Waals surface area (Å²) in [6.45, 7) is 5.84. The summed E-state index contributed by atoms with van der Waals surface area (Å²) in [4.78, 5) is 57.5. The Morgan fingerprint density at radius 2 is 0.981 bits per heavy atom. The first-order valence-electron chi connectivity index (χ1n) is 18.1. The fourth-order valence-corrected chi connectivity index (χ4v) is 11.4. The van der Waals surface area contributed by atoms with Gasteiger partial charge in [-0.2, -0.15) is 0 Å². The van der Waals surface area contributed by atoms with E-state index in [-0.39, 0.29) is 66.7 Å². The van der Waals surface area contributed by atoms with E-state index in [0.29, 0.717) is 0 Å². The van der Waals surface area contributed by atoms with Crippen molar-refractivity contribution in [3.05, 3.63) is 81.0 Å². The van der Waals surface area contributed by atoms with Crippen molar-refractivity contribution < 1.29 is 47.6 Å². The minimum atomic E-state index is -1.55. The second-order valence-corrected chi connectivity index (χ2v) is 17.9. The molecule has 4 heterocycles. The van der Waals surface area contributed by atoms with Gasteiger partial charge in [0.05, 0.1) is 0 Å². The molecule has 0 N–H and O–H groups in total. The standard InChI is InChI=1S/C40H42N2O10Se2/c1-5-7-21-41-29-23-25(47-3)9-13-31(29)53-33(41)15-11-27-35(43)49-39(50-36(27)44)17-19-40(20-18-39)51-37(45)28(38(46)52-40)12-16-34-42(22-8-6-2)30-24-26(48-4)10-14-32(30)54-34/h9-16,23-24H,5-8,17-22H2,1-4H3/b27-11?,28-12?,33-15-,34-16+. The molecule has 2 aromatic carbocycles. The molecule has 0 unspecified atom stereocenters. The molecule has 0 radical (unpaired) electrons. The van der Waals surface area contributed by atoms with Gasteiger partial charge in [0.25, 0.3) is 0 Å². The zero-order chi connectivity index (χ0) is 38.0. The Balaban J connectivity index is 1.00. The van der Waals surface area contributed by atoms with Crippen molar-refractivity contribution in [2.45, 2.75) is 76.8 Å². The molecule has 2 aromatic rings. The van der Waals surface area contributed by atoms with Crippen molar-refractivity contribution in [2.24, 2.45) is 0 Å². The van der Waals surface area contributed by atoms with Gasteiger partial charge in [0.15, 0.2) is 0 Å². The average Bonchev–Trinajstić information content (AvgIpc) is 3.69. The van der Waals surface area contributed by atoms with Gasteiger partial charge in [-0.3, -0.25) is 0 Å². The van der Waals surface area contributed by atoms with Gasteiger partial charge in [0, 0.05) is 0 Å². The third-order valence-corrected chi connectivity index (χ3v) is 14.6. The molecule has 2 spiro atoms. The van der Waals surface area contributed by atoms with Crippen molar-refractivity contribution in [2.75, 3.05) is 37.1 Å². The zero-order valence-electron chi connectivity index (χ0n) is 30.6. The second kappa shape index (κ2) is 15.7. The number of fused-ring (bicyclic) bond motifs is 2. The Bertz CT molecular complexity index is 1810. The number of allylic oxidation sites excluding steroid dienone is 4. The number of carbonyl (C=O) groups excluding carboxylic acids is 4. The first kappa shape index (κ1) is 37.8. The number of ether oxygens (including phenoxy) is 6. The Hall–Kier alpha value is -4.48. The molecule has 7 rings (SSSR count). The minimum absolute atomic E-state index is 0.00974. The first-order valence-corrected chi connectivity index (χ1v) is 21.6. The quantitative estimate of drug-likeness (QED) is 0.148. The monoisotopic (exact) mass is 870 g/mol. The summed E-state index contributed by atoms with van der Waals surface area (Å²) in [7, 11) is 3.27. The molecule has 1 aliphatic carbocycles. The van der Waals surface area contributed by atoms with E-state index in [0.717, 1.165) is 70.8 Å².